The maximum absolute atomic E-state index is 11.2. The fraction of sp³-hybridized carbons (Fsp3) is 0.684. The van der Waals surface area contributed by atoms with Gasteiger partial charge in [0, 0.05) is 31.4 Å². The summed E-state index contributed by atoms with van der Waals surface area (Å²) in [5.74, 6) is 1.35. The normalized spacial score (nSPS) is 12.2. The molecule has 1 unspecified atom stereocenters. The zero-order chi connectivity index (χ0) is 18.3. The highest BCUT2D eigenvalue weighted by atomic mass is 127. The number of hydrogen-bond acceptors (Lipinski definition) is 4. The van der Waals surface area contributed by atoms with Crippen LogP contribution in [0, 0.1) is 5.92 Å². The molecule has 0 saturated heterocycles. The molecule has 0 aliphatic heterocycles. The Morgan fingerprint density at radius 1 is 1.27 bits per heavy atom. The number of nitrogens with zero attached hydrogens (tertiary/aromatic N) is 1. The van der Waals surface area contributed by atoms with Crippen LogP contribution in [0.5, 0.6) is 0 Å². The third kappa shape index (κ3) is 12.5. The average molecular weight is 495 g/mol. The summed E-state index contributed by atoms with van der Waals surface area (Å²) in [6.45, 7) is 6.38. The number of unbranched alkanes of at least 4 members (excludes halogenated alkanes) is 3. The molecule has 150 valence electrons. The molecule has 7 heteroatoms. The first-order chi connectivity index (χ1) is 12.2. The van der Waals surface area contributed by atoms with Crippen molar-refractivity contribution in [2.24, 2.45) is 10.9 Å². The number of halogens is 1. The first-order valence-electron chi connectivity index (χ1n) is 9.28. The predicted molar refractivity (Wildman–Crippen MR) is 122 cm³/mol. The smallest absolute Gasteiger partial charge is 0.305 e. The summed E-state index contributed by atoms with van der Waals surface area (Å²) in [7, 11) is 1.80. The Morgan fingerprint density at radius 2 is 2.04 bits per heavy atom. The minimum Gasteiger partial charge on any atom is -0.466 e. The van der Waals surface area contributed by atoms with E-state index >= 15 is 0 Å². The van der Waals surface area contributed by atoms with Crippen LogP contribution in [0.4, 0.5) is 0 Å². The van der Waals surface area contributed by atoms with E-state index in [4.69, 9.17) is 4.74 Å². The van der Waals surface area contributed by atoms with Crippen molar-refractivity contribution in [3.8, 4) is 0 Å². The Morgan fingerprint density at radius 3 is 2.69 bits per heavy atom. The SMILES string of the molecule is CCOC(=O)CCCCCCNC(=NC)NCC(C)Cc1cccs1.I. The number of aliphatic imine (C=N–C) groups is 1. The molecule has 2 N–H and O–H groups in total. The molecule has 0 fully saturated rings. The van der Waals surface area contributed by atoms with E-state index in [-0.39, 0.29) is 29.9 Å². The Hall–Kier alpha value is -0.830. The Labute approximate surface area is 179 Å². The van der Waals surface area contributed by atoms with Gasteiger partial charge in [-0.1, -0.05) is 25.8 Å². The van der Waals surface area contributed by atoms with Crippen molar-refractivity contribution in [3.05, 3.63) is 22.4 Å². The van der Waals surface area contributed by atoms with Gasteiger partial charge in [0.05, 0.1) is 6.61 Å². The minimum absolute atomic E-state index is 0. The van der Waals surface area contributed by atoms with Gasteiger partial charge in [0.2, 0.25) is 0 Å². The van der Waals surface area contributed by atoms with Gasteiger partial charge in [0.25, 0.3) is 0 Å². The van der Waals surface area contributed by atoms with Crippen LogP contribution >= 0.6 is 35.3 Å². The molecule has 1 heterocycles. The molecule has 0 radical (unpaired) electrons. The minimum atomic E-state index is -0.0816. The van der Waals surface area contributed by atoms with Gasteiger partial charge in [-0.3, -0.25) is 9.79 Å². The standard InChI is InChI=1S/C19H33N3O2S.HI/c1-4-24-18(23)11-7-5-6-8-12-21-19(20-3)22-15-16(2)14-17-10-9-13-25-17;/h9-10,13,16H,4-8,11-12,14-15H2,1-3H3,(H2,20,21,22);1H. The van der Waals surface area contributed by atoms with Crippen molar-refractivity contribution in [1.29, 1.82) is 0 Å². The highest BCUT2D eigenvalue weighted by molar-refractivity contribution is 14.0. The molecule has 0 saturated carbocycles. The van der Waals surface area contributed by atoms with Gasteiger partial charge < -0.3 is 15.4 Å². The number of guanidine groups is 1. The van der Waals surface area contributed by atoms with Crippen LogP contribution in [0.3, 0.4) is 0 Å². The summed E-state index contributed by atoms with van der Waals surface area (Å²) in [6.07, 6.45) is 5.79. The van der Waals surface area contributed by atoms with Crippen LogP contribution in [0.15, 0.2) is 22.5 Å². The number of thiophene rings is 1. The predicted octanol–water partition coefficient (Wildman–Crippen LogP) is 4.22. The highest BCUT2D eigenvalue weighted by Crippen LogP contribution is 2.13. The van der Waals surface area contributed by atoms with Gasteiger partial charge in [-0.2, -0.15) is 0 Å². The van der Waals surface area contributed by atoms with Crippen LogP contribution in [0.25, 0.3) is 0 Å². The number of rotatable bonds is 12. The second-order valence-corrected chi connectivity index (χ2v) is 7.27. The van der Waals surface area contributed by atoms with E-state index in [0.29, 0.717) is 18.9 Å². The zero-order valence-electron chi connectivity index (χ0n) is 16.3. The molecule has 1 rings (SSSR count). The monoisotopic (exact) mass is 495 g/mol. The summed E-state index contributed by atoms with van der Waals surface area (Å²) in [6, 6.07) is 4.30. The Balaban J connectivity index is 0.00000625. The van der Waals surface area contributed by atoms with Crippen molar-refractivity contribution >= 4 is 47.2 Å². The number of esters is 1. The topological polar surface area (TPSA) is 62.7 Å². The van der Waals surface area contributed by atoms with Gasteiger partial charge in [-0.15, -0.1) is 35.3 Å². The lowest BCUT2D eigenvalue weighted by atomic mass is 10.1. The summed E-state index contributed by atoms with van der Waals surface area (Å²) >= 11 is 1.82. The third-order valence-electron chi connectivity index (χ3n) is 3.88. The van der Waals surface area contributed by atoms with Crippen LogP contribution < -0.4 is 10.6 Å². The molecule has 26 heavy (non-hydrogen) atoms. The van der Waals surface area contributed by atoms with Gasteiger partial charge in [0.15, 0.2) is 5.96 Å². The van der Waals surface area contributed by atoms with Crippen molar-refractivity contribution in [3.63, 3.8) is 0 Å². The first kappa shape index (κ1) is 25.2. The average Bonchev–Trinajstić information content (AvgIpc) is 3.09. The fourth-order valence-electron chi connectivity index (χ4n) is 2.52. The molecule has 1 atom stereocenters. The molecule has 0 aromatic carbocycles. The van der Waals surface area contributed by atoms with E-state index in [9.17, 15) is 4.79 Å². The van der Waals surface area contributed by atoms with Crippen molar-refractivity contribution in [2.75, 3.05) is 26.7 Å². The van der Waals surface area contributed by atoms with E-state index in [2.05, 4.69) is 40.1 Å². The van der Waals surface area contributed by atoms with Gasteiger partial charge in [-0.25, -0.2) is 0 Å². The van der Waals surface area contributed by atoms with Crippen LogP contribution in [-0.4, -0.2) is 38.7 Å². The Kier molecular flexibility index (Phi) is 15.8. The molecule has 1 aromatic rings. The van der Waals surface area contributed by atoms with Crippen molar-refractivity contribution in [2.45, 2.75) is 52.4 Å². The van der Waals surface area contributed by atoms with Gasteiger partial charge in [-0.05, 0) is 43.6 Å². The zero-order valence-corrected chi connectivity index (χ0v) is 19.4. The third-order valence-corrected chi connectivity index (χ3v) is 4.78. The van der Waals surface area contributed by atoms with E-state index < -0.39 is 0 Å². The lowest BCUT2D eigenvalue weighted by molar-refractivity contribution is -0.143. The van der Waals surface area contributed by atoms with Crippen LogP contribution in [0.2, 0.25) is 0 Å². The largest absolute Gasteiger partial charge is 0.466 e. The summed E-state index contributed by atoms with van der Waals surface area (Å²) in [4.78, 5) is 16.9. The maximum atomic E-state index is 11.2. The molecule has 5 nitrogen and oxygen atoms in total. The summed E-state index contributed by atoms with van der Waals surface area (Å²) < 4.78 is 4.92. The van der Waals surface area contributed by atoms with Crippen molar-refractivity contribution < 1.29 is 9.53 Å². The molecular weight excluding hydrogens is 461 g/mol. The van der Waals surface area contributed by atoms with Gasteiger partial charge in [0.1, 0.15) is 0 Å². The number of nitrogens with one attached hydrogen (secondary N) is 2. The second kappa shape index (κ2) is 16.4. The molecule has 0 spiro atoms. The molecule has 0 amide bonds. The van der Waals surface area contributed by atoms with Crippen molar-refractivity contribution in [1.82, 2.24) is 10.6 Å². The quantitative estimate of drug-likeness (QED) is 0.150. The van der Waals surface area contributed by atoms with E-state index in [1.807, 2.05) is 18.3 Å². The van der Waals surface area contributed by atoms with E-state index in [0.717, 1.165) is 51.2 Å². The lowest BCUT2D eigenvalue weighted by Crippen LogP contribution is -2.40. The van der Waals surface area contributed by atoms with Crippen LogP contribution in [0.1, 0.15) is 50.8 Å². The van der Waals surface area contributed by atoms with E-state index in [1.54, 1.807) is 7.05 Å². The highest BCUT2D eigenvalue weighted by Gasteiger charge is 2.06. The number of hydrogen-bond donors (Lipinski definition) is 2. The molecule has 0 bridgehead atoms. The molecule has 0 aliphatic carbocycles. The molecular formula is C19H34IN3O2S. The number of ether oxygens (including phenoxy) is 1. The summed E-state index contributed by atoms with van der Waals surface area (Å²) in [5, 5.41) is 8.88. The number of carbonyl (C=O) groups is 1. The summed E-state index contributed by atoms with van der Waals surface area (Å²) in [5.41, 5.74) is 0. The van der Waals surface area contributed by atoms with Crippen LogP contribution in [-0.2, 0) is 16.0 Å². The molecule has 1 aromatic heterocycles. The first-order valence-corrected chi connectivity index (χ1v) is 10.2. The lowest BCUT2D eigenvalue weighted by Gasteiger charge is -2.15. The molecule has 0 aliphatic rings. The second-order valence-electron chi connectivity index (χ2n) is 6.24. The van der Waals surface area contributed by atoms with Gasteiger partial charge >= 0.3 is 5.97 Å². The fourth-order valence-corrected chi connectivity index (χ4v) is 3.39. The number of carbonyl (C=O) groups excluding carboxylic acids is 1. The Bertz CT molecular complexity index is 495. The maximum Gasteiger partial charge on any atom is 0.305 e. The van der Waals surface area contributed by atoms with E-state index in [1.165, 1.54) is 4.88 Å².